The molecule has 2 aliphatic rings. The topological polar surface area (TPSA) is 67.6 Å². The summed E-state index contributed by atoms with van der Waals surface area (Å²) in [6.07, 6.45) is 4.10. The Balaban J connectivity index is 1.39. The van der Waals surface area contributed by atoms with Crippen LogP contribution in [0, 0.1) is 0 Å². The van der Waals surface area contributed by atoms with Crippen LogP contribution in [0.1, 0.15) is 47.5 Å². The monoisotopic (exact) mass is 447 g/mol. The first-order valence-electron chi connectivity index (χ1n) is 10.4. The molecule has 0 aliphatic carbocycles. The number of benzene rings is 2. The van der Waals surface area contributed by atoms with Crippen LogP contribution in [0.15, 0.2) is 36.4 Å². The molecule has 2 aliphatic heterocycles. The number of ether oxygens (including phenoxy) is 1. The number of hydrogen-bond donors (Lipinski definition) is 2. The molecule has 30 heavy (non-hydrogen) atoms. The van der Waals surface area contributed by atoms with Gasteiger partial charge in [-0.25, -0.2) is 0 Å². The Bertz CT molecular complexity index is 937. The summed E-state index contributed by atoms with van der Waals surface area (Å²) >= 11 is 12.5. The number of methoxy groups -OCH3 is 1. The molecule has 2 heterocycles. The summed E-state index contributed by atoms with van der Waals surface area (Å²) in [7, 11) is 1.52. The van der Waals surface area contributed by atoms with Gasteiger partial charge in [0.1, 0.15) is 5.75 Å². The van der Waals surface area contributed by atoms with Gasteiger partial charge < -0.3 is 15.8 Å². The van der Waals surface area contributed by atoms with Crippen molar-refractivity contribution in [3.8, 4) is 5.75 Å². The average Bonchev–Trinajstić information content (AvgIpc) is 2.75. The third kappa shape index (κ3) is 4.39. The summed E-state index contributed by atoms with van der Waals surface area (Å²) in [5.41, 5.74) is 7.89. The van der Waals surface area contributed by atoms with Gasteiger partial charge in [-0.2, -0.15) is 0 Å². The van der Waals surface area contributed by atoms with E-state index in [1.807, 2.05) is 12.1 Å². The van der Waals surface area contributed by atoms with Gasteiger partial charge in [0.05, 0.1) is 23.4 Å². The molecule has 3 N–H and O–H groups in total. The number of rotatable bonds is 4. The molecule has 2 fully saturated rings. The van der Waals surface area contributed by atoms with Crippen LogP contribution in [0.3, 0.4) is 0 Å². The first-order chi connectivity index (χ1) is 14.5. The number of amides is 1. The zero-order valence-electron chi connectivity index (χ0n) is 17.0. The number of carbonyl (C=O) groups is 1. The fourth-order valence-corrected chi connectivity index (χ4v) is 5.23. The van der Waals surface area contributed by atoms with Crippen molar-refractivity contribution in [3.05, 3.63) is 57.6 Å². The lowest BCUT2D eigenvalue weighted by atomic mass is 9.82. The molecule has 0 radical (unpaired) electrons. The first-order valence-corrected chi connectivity index (χ1v) is 11.1. The molecule has 5 nitrogen and oxygen atoms in total. The van der Waals surface area contributed by atoms with Gasteiger partial charge in [0, 0.05) is 36.3 Å². The second kappa shape index (κ2) is 9.04. The van der Waals surface area contributed by atoms with Gasteiger partial charge in [0.15, 0.2) is 0 Å². The van der Waals surface area contributed by atoms with Crippen LogP contribution < -0.4 is 15.8 Å². The Morgan fingerprint density at radius 2 is 1.97 bits per heavy atom. The quantitative estimate of drug-likeness (QED) is 0.664. The number of anilines is 1. The minimum Gasteiger partial charge on any atom is -0.496 e. The highest BCUT2D eigenvalue weighted by atomic mass is 35.5. The summed E-state index contributed by atoms with van der Waals surface area (Å²) < 4.78 is 5.32. The first kappa shape index (κ1) is 21.3. The molecule has 4 rings (SSSR count). The van der Waals surface area contributed by atoms with E-state index in [0.29, 0.717) is 34.0 Å². The zero-order valence-corrected chi connectivity index (χ0v) is 18.5. The predicted molar refractivity (Wildman–Crippen MR) is 122 cm³/mol. The van der Waals surface area contributed by atoms with Gasteiger partial charge in [0.25, 0.3) is 5.91 Å². The smallest absolute Gasteiger partial charge is 0.255 e. The highest BCUT2D eigenvalue weighted by Crippen LogP contribution is 2.37. The number of halogens is 2. The normalized spacial score (nSPS) is 24.2. The van der Waals surface area contributed by atoms with Gasteiger partial charge >= 0.3 is 0 Å². The molecule has 160 valence electrons. The van der Waals surface area contributed by atoms with Crippen molar-refractivity contribution in [2.75, 3.05) is 25.9 Å². The molecule has 0 bridgehead atoms. The number of piperidine rings is 2. The predicted octanol–water partition coefficient (Wildman–Crippen LogP) is 4.72. The molecule has 2 aromatic carbocycles. The van der Waals surface area contributed by atoms with E-state index in [2.05, 4.69) is 22.3 Å². The second-order valence-corrected chi connectivity index (χ2v) is 9.03. The molecule has 3 atom stereocenters. The molecular weight excluding hydrogens is 421 g/mol. The number of nitrogens with one attached hydrogen (secondary N) is 1. The minimum atomic E-state index is -0.169. The van der Waals surface area contributed by atoms with E-state index in [1.54, 1.807) is 12.1 Å². The maximum absolute atomic E-state index is 12.9. The second-order valence-electron chi connectivity index (χ2n) is 8.21. The third-order valence-electron chi connectivity index (χ3n) is 6.38. The molecule has 1 amide bonds. The Morgan fingerprint density at radius 1 is 1.17 bits per heavy atom. The highest BCUT2D eigenvalue weighted by molar-refractivity contribution is 6.33. The summed E-state index contributed by atoms with van der Waals surface area (Å²) in [4.78, 5) is 15.4. The maximum Gasteiger partial charge on any atom is 0.255 e. The van der Waals surface area contributed by atoms with Crippen molar-refractivity contribution >= 4 is 34.8 Å². The maximum atomic E-state index is 12.9. The molecule has 0 spiro atoms. The summed E-state index contributed by atoms with van der Waals surface area (Å²) in [6.45, 7) is 1.99. The van der Waals surface area contributed by atoms with E-state index in [0.717, 1.165) is 43.8 Å². The average molecular weight is 448 g/mol. The van der Waals surface area contributed by atoms with Crippen molar-refractivity contribution in [1.82, 2.24) is 10.2 Å². The Kier molecular flexibility index (Phi) is 6.42. The van der Waals surface area contributed by atoms with Crippen molar-refractivity contribution in [1.29, 1.82) is 0 Å². The van der Waals surface area contributed by atoms with Crippen LogP contribution >= 0.6 is 23.2 Å². The van der Waals surface area contributed by atoms with Crippen molar-refractivity contribution in [2.45, 2.75) is 43.7 Å². The lowest BCUT2D eigenvalue weighted by Gasteiger charge is -2.45. The van der Waals surface area contributed by atoms with E-state index >= 15 is 0 Å². The molecule has 0 aromatic heterocycles. The van der Waals surface area contributed by atoms with Gasteiger partial charge in [-0.1, -0.05) is 41.4 Å². The van der Waals surface area contributed by atoms with E-state index in [1.165, 1.54) is 12.7 Å². The van der Waals surface area contributed by atoms with Crippen molar-refractivity contribution in [2.24, 2.45) is 0 Å². The van der Waals surface area contributed by atoms with Gasteiger partial charge in [0.2, 0.25) is 0 Å². The largest absolute Gasteiger partial charge is 0.496 e. The van der Waals surface area contributed by atoms with Crippen LogP contribution in [0.4, 0.5) is 5.69 Å². The highest BCUT2D eigenvalue weighted by Gasteiger charge is 2.35. The number of nitrogens with two attached hydrogens (primary N) is 1. The summed E-state index contributed by atoms with van der Waals surface area (Å²) in [6, 6.07) is 12.0. The molecular formula is C23H27Cl2N3O2. The summed E-state index contributed by atoms with van der Waals surface area (Å²) in [5, 5.41) is 4.39. The number of nitrogen functional groups attached to an aromatic ring is 1. The number of carbonyl (C=O) groups excluding carboxylic acids is 1. The van der Waals surface area contributed by atoms with E-state index in [4.69, 9.17) is 33.7 Å². The van der Waals surface area contributed by atoms with Crippen LogP contribution in [0.25, 0.3) is 0 Å². The summed E-state index contributed by atoms with van der Waals surface area (Å²) in [5.74, 6) is 0.742. The molecule has 7 heteroatoms. The van der Waals surface area contributed by atoms with Crippen LogP contribution in [0.2, 0.25) is 10.0 Å². The molecule has 0 unspecified atom stereocenters. The minimum absolute atomic E-state index is 0.136. The fraction of sp³-hybridized carbons (Fsp3) is 0.435. The lowest BCUT2D eigenvalue weighted by Crippen LogP contribution is -2.52. The number of hydrogen-bond acceptors (Lipinski definition) is 4. The number of nitrogens with zero attached hydrogens (tertiary/aromatic N) is 1. The zero-order chi connectivity index (χ0) is 21.3. The van der Waals surface area contributed by atoms with E-state index in [-0.39, 0.29) is 11.9 Å². The van der Waals surface area contributed by atoms with Crippen molar-refractivity contribution < 1.29 is 9.53 Å². The molecule has 0 saturated carbocycles. The van der Waals surface area contributed by atoms with Gasteiger partial charge in [-0.05, 0) is 49.3 Å². The molecule has 2 saturated heterocycles. The van der Waals surface area contributed by atoms with Crippen LogP contribution in [-0.4, -0.2) is 43.1 Å². The SMILES string of the molecule is COc1cc(N)c(Cl)cc1C(=O)N[C@H]1CCN2C[C@H](c3ccccc3Cl)CC[C@H]2C1. The van der Waals surface area contributed by atoms with E-state index in [9.17, 15) is 4.79 Å². The molecule has 2 aromatic rings. The Labute approximate surface area is 187 Å². The van der Waals surface area contributed by atoms with Gasteiger partial charge in [-0.3, -0.25) is 9.69 Å². The Morgan fingerprint density at radius 3 is 2.73 bits per heavy atom. The van der Waals surface area contributed by atoms with Crippen LogP contribution in [0.5, 0.6) is 5.75 Å². The van der Waals surface area contributed by atoms with E-state index < -0.39 is 0 Å². The Hall–Kier alpha value is -1.95. The third-order valence-corrected chi connectivity index (χ3v) is 7.06. The van der Waals surface area contributed by atoms with Gasteiger partial charge in [-0.15, -0.1) is 0 Å². The van der Waals surface area contributed by atoms with Crippen LogP contribution in [-0.2, 0) is 0 Å². The lowest BCUT2D eigenvalue weighted by molar-refractivity contribution is 0.0704. The number of fused-ring (bicyclic) bond motifs is 1. The van der Waals surface area contributed by atoms with Crippen molar-refractivity contribution in [3.63, 3.8) is 0 Å². The fourth-order valence-electron chi connectivity index (χ4n) is 4.78. The standard InChI is InChI=1S/C23H27Cl2N3O2/c1-30-22-12-21(26)20(25)11-18(22)23(29)27-15-8-9-28-13-14(6-7-16(28)10-15)17-4-2-3-5-19(17)24/h2-5,11-12,14-16H,6-10,13,26H2,1H3,(H,27,29)/t14-,15+,16+/m1/s1.